The van der Waals surface area contributed by atoms with E-state index in [0.717, 1.165) is 0 Å². The van der Waals surface area contributed by atoms with Gasteiger partial charge in [-0.1, -0.05) is 30.3 Å². The maximum atomic E-state index is 13.0. The van der Waals surface area contributed by atoms with Crippen molar-refractivity contribution in [3.05, 3.63) is 35.9 Å². The van der Waals surface area contributed by atoms with E-state index in [9.17, 15) is 29.1 Å². The molecular formula is C22H34N8O6. The van der Waals surface area contributed by atoms with Gasteiger partial charge in [-0.3, -0.25) is 24.2 Å². The molecule has 0 saturated heterocycles. The Morgan fingerprint density at radius 1 is 0.917 bits per heavy atom. The molecule has 1 aromatic carbocycles. The number of rotatable bonds is 15. The summed E-state index contributed by atoms with van der Waals surface area (Å²) >= 11 is 0. The van der Waals surface area contributed by atoms with Crippen LogP contribution in [-0.4, -0.2) is 71.4 Å². The standard InChI is InChI=1S/C22H34N8O6/c1-12(28-19(33)14(23)11-17(24)31)18(32)30-16(10-13-6-3-2-4-7-13)20(34)29-15(21(35)36)8-5-9-27-22(25)26/h2-4,6-7,12,14-16H,5,8-11,23H2,1H3,(H2,24,31)(H,28,33)(H,29,34)(H,30,32)(H,35,36)(H4,25,26,27). The van der Waals surface area contributed by atoms with Gasteiger partial charge in [0.25, 0.3) is 0 Å². The number of hydrogen-bond donors (Lipinski definition) is 8. The highest BCUT2D eigenvalue weighted by molar-refractivity contribution is 5.94. The monoisotopic (exact) mass is 506 g/mol. The molecule has 14 heteroatoms. The maximum Gasteiger partial charge on any atom is 0.326 e. The number of hydrogen-bond acceptors (Lipinski definition) is 7. The molecule has 0 fully saturated rings. The molecule has 0 aromatic heterocycles. The number of carbonyl (C=O) groups excluding carboxylic acids is 4. The number of primary amides is 1. The second kappa shape index (κ2) is 14.9. The zero-order chi connectivity index (χ0) is 27.3. The van der Waals surface area contributed by atoms with Crippen molar-refractivity contribution in [1.29, 1.82) is 0 Å². The third-order valence-corrected chi connectivity index (χ3v) is 4.99. The predicted molar refractivity (Wildman–Crippen MR) is 131 cm³/mol. The van der Waals surface area contributed by atoms with Crippen LogP contribution in [0.2, 0.25) is 0 Å². The molecule has 0 bridgehead atoms. The summed E-state index contributed by atoms with van der Waals surface area (Å²) in [5.41, 5.74) is 21.8. The first kappa shape index (κ1) is 29.8. The smallest absolute Gasteiger partial charge is 0.326 e. The van der Waals surface area contributed by atoms with E-state index < -0.39 is 60.2 Å². The van der Waals surface area contributed by atoms with E-state index in [2.05, 4.69) is 20.9 Å². The number of carbonyl (C=O) groups is 5. The Morgan fingerprint density at radius 2 is 1.53 bits per heavy atom. The van der Waals surface area contributed by atoms with Gasteiger partial charge >= 0.3 is 5.97 Å². The zero-order valence-electron chi connectivity index (χ0n) is 20.0. The van der Waals surface area contributed by atoms with Crippen LogP contribution in [0.1, 0.15) is 31.7 Å². The average molecular weight is 507 g/mol. The summed E-state index contributed by atoms with van der Waals surface area (Å²) in [5.74, 6) is -4.39. The van der Waals surface area contributed by atoms with E-state index >= 15 is 0 Å². The molecule has 0 aliphatic heterocycles. The number of amides is 4. The lowest BCUT2D eigenvalue weighted by molar-refractivity contribution is -0.142. The predicted octanol–water partition coefficient (Wildman–Crippen LogP) is -2.96. The molecule has 0 radical (unpaired) electrons. The number of aliphatic imine (C=N–C) groups is 1. The summed E-state index contributed by atoms with van der Waals surface area (Å²) in [6.07, 6.45) is -0.00682. The first-order chi connectivity index (χ1) is 16.9. The molecule has 1 rings (SSSR count). The van der Waals surface area contributed by atoms with Gasteiger partial charge < -0.3 is 44.0 Å². The first-order valence-electron chi connectivity index (χ1n) is 11.2. The molecule has 0 aliphatic rings. The first-order valence-corrected chi connectivity index (χ1v) is 11.2. The highest BCUT2D eigenvalue weighted by Crippen LogP contribution is 2.06. The van der Waals surface area contributed by atoms with Gasteiger partial charge in [0.15, 0.2) is 5.96 Å². The van der Waals surface area contributed by atoms with Crippen molar-refractivity contribution >= 4 is 35.6 Å². The fourth-order valence-corrected chi connectivity index (χ4v) is 3.08. The molecule has 0 spiro atoms. The molecule has 12 N–H and O–H groups in total. The Labute approximate surface area is 208 Å². The highest BCUT2D eigenvalue weighted by Gasteiger charge is 2.29. The van der Waals surface area contributed by atoms with Crippen LogP contribution in [0.3, 0.4) is 0 Å². The number of aliphatic carboxylic acids is 1. The molecule has 4 atom stereocenters. The number of guanidine groups is 1. The molecule has 0 saturated carbocycles. The van der Waals surface area contributed by atoms with Crippen molar-refractivity contribution in [2.24, 2.45) is 27.9 Å². The van der Waals surface area contributed by atoms with Crippen LogP contribution in [0.4, 0.5) is 0 Å². The van der Waals surface area contributed by atoms with Gasteiger partial charge in [-0.2, -0.15) is 0 Å². The van der Waals surface area contributed by atoms with Gasteiger partial charge in [0.05, 0.1) is 12.5 Å². The normalized spacial score (nSPS) is 13.8. The summed E-state index contributed by atoms with van der Waals surface area (Å²) in [6.45, 7) is 1.55. The van der Waals surface area contributed by atoms with Gasteiger partial charge in [0.2, 0.25) is 23.6 Å². The third-order valence-electron chi connectivity index (χ3n) is 4.99. The van der Waals surface area contributed by atoms with Crippen LogP contribution in [-0.2, 0) is 30.4 Å². The number of nitrogens with one attached hydrogen (secondary N) is 3. The lowest BCUT2D eigenvalue weighted by Gasteiger charge is -2.24. The molecule has 14 nitrogen and oxygen atoms in total. The van der Waals surface area contributed by atoms with Gasteiger partial charge in [0.1, 0.15) is 18.1 Å². The third kappa shape index (κ3) is 11.3. The van der Waals surface area contributed by atoms with Crippen LogP contribution in [0.5, 0.6) is 0 Å². The van der Waals surface area contributed by atoms with Crippen LogP contribution in [0, 0.1) is 0 Å². The number of benzene rings is 1. The summed E-state index contributed by atoms with van der Waals surface area (Å²) < 4.78 is 0. The topological polar surface area (TPSA) is 258 Å². The maximum absolute atomic E-state index is 13.0. The average Bonchev–Trinajstić information content (AvgIpc) is 2.80. The summed E-state index contributed by atoms with van der Waals surface area (Å²) in [7, 11) is 0. The van der Waals surface area contributed by atoms with Crippen molar-refractivity contribution in [2.45, 2.75) is 56.8 Å². The molecule has 0 heterocycles. The van der Waals surface area contributed by atoms with E-state index in [1.807, 2.05) is 0 Å². The summed E-state index contributed by atoms with van der Waals surface area (Å²) in [4.78, 5) is 64.2. The molecule has 1 aromatic rings. The zero-order valence-corrected chi connectivity index (χ0v) is 20.0. The lowest BCUT2D eigenvalue weighted by Crippen LogP contribution is -2.57. The van der Waals surface area contributed by atoms with Crippen LogP contribution < -0.4 is 38.9 Å². The van der Waals surface area contributed by atoms with Crippen LogP contribution in [0.25, 0.3) is 0 Å². The molecule has 198 valence electrons. The number of nitrogens with zero attached hydrogens (tertiary/aromatic N) is 1. The van der Waals surface area contributed by atoms with Crippen molar-refractivity contribution in [3.63, 3.8) is 0 Å². The molecule has 36 heavy (non-hydrogen) atoms. The van der Waals surface area contributed by atoms with E-state index in [1.165, 1.54) is 6.92 Å². The minimum absolute atomic E-state index is 0.0497. The van der Waals surface area contributed by atoms with Crippen molar-refractivity contribution < 1.29 is 29.1 Å². The highest BCUT2D eigenvalue weighted by atomic mass is 16.4. The molecular weight excluding hydrogens is 472 g/mol. The fourth-order valence-electron chi connectivity index (χ4n) is 3.08. The summed E-state index contributed by atoms with van der Waals surface area (Å²) in [5, 5.41) is 16.8. The summed E-state index contributed by atoms with van der Waals surface area (Å²) in [6, 6.07) is 4.01. The fraction of sp³-hybridized carbons (Fsp3) is 0.455. The van der Waals surface area contributed by atoms with Crippen LogP contribution in [0.15, 0.2) is 35.3 Å². The van der Waals surface area contributed by atoms with Gasteiger partial charge in [-0.25, -0.2) is 4.79 Å². The van der Waals surface area contributed by atoms with Crippen molar-refractivity contribution in [1.82, 2.24) is 16.0 Å². The van der Waals surface area contributed by atoms with E-state index in [0.29, 0.717) is 12.0 Å². The van der Waals surface area contributed by atoms with Crippen LogP contribution >= 0.6 is 0 Å². The van der Waals surface area contributed by atoms with Gasteiger partial charge in [-0.05, 0) is 25.3 Å². The van der Waals surface area contributed by atoms with Gasteiger partial charge in [0, 0.05) is 13.0 Å². The molecule has 4 unspecified atom stereocenters. The Morgan fingerprint density at radius 3 is 2.08 bits per heavy atom. The van der Waals surface area contributed by atoms with E-state index in [4.69, 9.17) is 22.9 Å². The minimum atomic E-state index is -1.26. The largest absolute Gasteiger partial charge is 0.480 e. The Kier molecular flexibility index (Phi) is 12.4. The lowest BCUT2D eigenvalue weighted by atomic mass is 10.0. The minimum Gasteiger partial charge on any atom is -0.480 e. The number of carboxylic acid groups (broad SMARTS) is 1. The SMILES string of the molecule is CC(NC(=O)C(N)CC(N)=O)C(=O)NC(Cc1ccccc1)C(=O)NC(CCCN=C(N)N)C(=O)O. The Balaban J connectivity index is 2.92. The molecule has 0 aliphatic carbocycles. The Hall–Kier alpha value is -4.20. The number of nitrogens with two attached hydrogens (primary N) is 4. The second-order valence-electron chi connectivity index (χ2n) is 8.11. The Bertz CT molecular complexity index is 951. The quantitative estimate of drug-likeness (QED) is 0.0685. The second-order valence-corrected chi connectivity index (χ2v) is 8.11. The van der Waals surface area contributed by atoms with Crippen molar-refractivity contribution in [3.8, 4) is 0 Å². The van der Waals surface area contributed by atoms with Gasteiger partial charge in [-0.15, -0.1) is 0 Å². The number of carboxylic acids is 1. The molecule has 4 amide bonds. The van der Waals surface area contributed by atoms with E-state index in [1.54, 1.807) is 30.3 Å². The van der Waals surface area contributed by atoms with Crippen molar-refractivity contribution in [2.75, 3.05) is 6.54 Å². The van der Waals surface area contributed by atoms with E-state index in [-0.39, 0.29) is 25.3 Å².